The molecule has 0 aromatic carbocycles. The van der Waals surface area contributed by atoms with E-state index in [4.69, 9.17) is 0 Å². The van der Waals surface area contributed by atoms with Crippen LogP contribution < -0.4 is 5.32 Å². The van der Waals surface area contributed by atoms with E-state index >= 15 is 0 Å². The molecule has 0 amide bonds. The Kier molecular flexibility index (Phi) is 4.06. The summed E-state index contributed by atoms with van der Waals surface area (Å²) in [6, 6.07) is -0.0984. The van der Waals surface area contributed by atoms with Gasteiger partial charge in [-0.25, -0.2) is 0 Å². The standard InChI is InChI=1S/C9H17NO2S/c1-6(2)4-8-10-7(5-13-8)9(11)12-3/h6-8,10H,4-5H2,1-3H3/t7-,8?/m0/s1. The van der Waals surface area contributed by atoms with Crippen molar-refractivity contribution in [3.05, 3.63) is 0 Å². The minimum absolute atomic E-state index is 0.0984. The Hall–Kier alpha value is -0.220. The molecule has 1 heterocycles. The van der Waals surface area contributed by atoms with E-state index in [2.05, 4.69) is 23.9 Å². The van der Waals surface area contributed by atoms with Gasteiger partial charge in [-0.3, -0.25) is 10.1 Å². The number of thioether (sulfide) groups is 1. The molecule has 1 aliphatic rings. The van der Waals surface area contributed by atoms with Crippen LogP contribution in [0.5, 0.6) is 0 Å². The number of carbonyl (C=O) groups is 1. The van der Waals surface area contributed by atoms with Gasteiger partial charge in [-0.2, -0.15) is 0 Å². The molecule has 0 aromatic rings. The molecular weight excluding hydrogens is 186 g/mol. The number of esters is 1. The average Bonchev–Trinajstić information content (AvgIpc) is 2.50. The predicted octanol–water partition coefficient (Wildman–Crippen LogP) is 1.24. The lowest BCUT2D eigenvalue weighted by Gasteiger charge is -2.13. The monoisotopic (exact) mass is 203 g/mol. The van der Waals surface area contributed by atoms with Crippen molar-refractivity contribution in [2.24, 2.45) is 5.92 Å². The summed E-state index contributed by atoms with van der Waals surface area (Å²) in [5.41, 5.74) is 0. The van der Waals surface area contributed by atoms with Gasteiger partial charge in [-0.1, -0.05) is 13.8 Å². The smallest absolute Gasteiger partial charge is 0.323 e. The van der Waals surface area contributed by atoms with Gasteiger partial charge in [0.2, 0.25) is 0 Å². The zero-order chi connectivity index (χ0) is 9.84. The van der Waals surface area contributed by atoms with Crippen LogP contribution in [0.15, 0.2) is 0 Å². The van der Waals surface area contributed by atoms with E-state index in [1.54, 1.807) is 0 Å². The normalized spacial score (nSPS) is 28.0. The summed E-state index contributed by atoms with van der Waals surface area (Å²) < 4.78 is 4.67. The lowest BCUT2D eigenvalue weighted by atomic mass is 10.1. The van der Waals surface area contributed by atoms with E-state index in [0.29, 0.717) is 11.3 Å². The van der Waals surface area contributed by atoms with Gasteiger partial charge in [0.05, 0.1) is 12.5 Å². The van der Waals surface area contributed by atoms with Crippen molar-refractivity contribution < 1.29 is 9.53 Å². The minimum Gasteiger partial charge on any atom is -0.468 e. The molecule has 0 aliphatic carbocycles. The molecule has 13 heavy (non-hydrogen) atoms. The van der Waals surface area contributed by atoms with Gasteiger partial charge in [-0.05, 0) is 12.3 Å². The Morgan fingerprint density at radius 2 is 2.38 bits per heavy atom. The van der Waals surface area contributed by atoms with Gasteiger partial charge in [0.25, 0.3) is 0 Å². The van der Waals surface area contributed by atoms with Crippen molar-refractivity contribution in [2.45, 2.75) is 31.7 Å². The molecule has 0 aromatic heterocycles. The molecule has 1 aliphatic heterocycles. The Balaban J connectivity index is 2.32. The molecule has 1 saturated heterocycles. The molecule has 1 unspecified atom stereocenters. The van der Waals surface area contributed by atoms with E-state index in [9.17, 15) is 4.79 Å². The molecule has 0 radical (unpaired) electrons. The average molecular weight is 203 g/mol. The summed E-state index contributed by atoms with van der Waals surface area (Å²) in [7, 11) is 1.43. The van der Waals surface area contributed by atoms with Gasteiger partial charge in [0.15, 0.2) is 0 Å². The van der Waals surface area contributed by atoms with E-state index in [0.717, 1.165) is 12.2 Å². The summed E-state index contributed by atoms with van der Waals surface area (Å²) in [4.78, 5) is 11.1. The van der Waals surface area contributed by atoms with Crippen molar-refractivity contribution in [1.29, 1.82) is 0 Å². The second kappa shape index (κ2) is 4.86. The fourth-order valence-electron chi connectivity index (χ4n) is 1.38. The maximum absolute atomic E-state index is 11.1. The lowest BCUT2D eigenvalue weighted by Crippen LogP contribution is -2.37. The summed E-state index contributed by atoms with van der Waals surface area (Å²) in [5, 5.41) is 3.68. The van der Waals surface area contributed by atoms with Crippen molar-refractivity contribution >= 4 is 17.7 Å². The first kappa shape index (κ1) is 10.9. The lowest BCUT2D eigenvalue weighted by molar-refractivity contribution is -0.142. The van der Waals surface area contributed by atoms with Crippen LogP contribution in [0, 0.1) is 5.92 Å². The highest BCUT2D eigenvalue weighted by Gasteiger charge is 2.30. The van der Waals surface area contributed by atoms with Gasteiger partial charge < -0.3 is 4.74 Å². The number of hydrogen-bond acceptors (Lipinski definition) is 4. The van der Waals surface area contributed by atoms with E-state index in [-0.39, 0.29) is 12.0 Å². The maximum atomic E-state index is 11.1. The molecule has 1 N–H and O–H groups in total. The molecule has 1 rings (SSSR count). The molecule has 2 atom stereocenters. The summed E-state index contributed by atoms with van der Waals surface area (Å²) in [6.07, 6.45) is 1.11. The SMILES string of the molecule is COC(=O)[C@@H]1CSC(CC(C)C)N1. The number of nitrogens with one attached hydrogen (secondary N) is 1. The van der Waals surface area contributed by atoms with E-state index in [1.165, 1.54) is 7.11 Å². The van der Waals surface area contributed by atoms with Crippen molar-refractivity contribution in [1.82, 2.24) is 5.32 Å². The van der Waals surface area contributed by atoms with Crippen LogP contribution in [-0.4, -0.2) is 30.2 Å². The predicted molar refractivity (Wildman–Crippen MR) is 54.6 cm³/mol. The Labute approximate surface area is 83.6 Å². The largest absolute Gasteiger partial charge is 0.468 e. The van der Waals surface area contributed by atoms with Gasteiger partial charge in [0, 0.05) is 5.75 Å². The van der Waals surface area contributed by atoms with Crippen LogP contribution in [0.3, 0.4) is 0 Å². The molecule has 1 fully saturated rings. The Morgan fingerprint density at radius 3 is 2.92 bits per heavy atom. The van der Waals surface area contributed by atoms with Crippen LogP contribution in [-0.2, 0) is 9.53 Å². The topological polar surface area (TPSA) is 38.3 Å². The zero-order valence-corrected chi connectivity index (χ0v) is 9.19. The van der Waals surface area contributed by atoms with Gasteiger partial charge in [0.1, 0.15) is 6.04 Å². The number of rotatable bonds is 3. The maximum Gasteiger partial charge on any atom is 0.323 e. The van der Waals surface area contributed by atoms with Crippen molar-refractivity contribution in [3.8, 4) is 0 Å². The third-order valence-corrected chi connectivity index (χ3v) is 3.28. The fourth-order valence-corrected chi connectivity index (χ4v) is 2.81. The molecule has 0 saturated carbocycles. The molecular formula is C9H17NO2S. The highest BCUT2D eigenvalue weighted by Crippen LogP contribution is 2.24. The van der Waals surface area contributed by atoms with Crippen LogP contribution in [0.1, 0.15) is 20.3 Å². The molecule has 76 valence electrons. The fraction of sp³-hybridized carbons (Fsp3) is 0.889. The highest BCUT2D eigenvalue weighted by molar-refractivity contribution is 8.00. The van der Waals surface area contributed by atoms with Crippen LogP contribution in [0.25, 0.3) is 0 Å². The van der Waals surface area contributed by atoms with E-state index < -0.39 is 0 Å². The van der Waals surface area contributed by atoms with Crippen LogP contribution >= 0.6 is 11.8 Å². The number of carbonyl (C=O) groups excluding carboxylic acids is 1. The number of hydrogen-bond donors (Lipinski definition) is 1. The molecule has 0 spiro atoms. The molecule has 4 heteroatoms. The second-order valence-electron chi connectivity index (χ2n) is 3.69. The third kappa shape index (κ3) is 3.19. The summed E-state index contributed by atoms with van der Waals surface area (Å²) in [5.74, 6) is 1.37. The Morgan fingerprint density at radius 1 is 1.69 bits per heavy atom. The number of ether oxygens (including phenoxy) is 1. The second-order valence-corrected chi connectivity index (χ2v) is 4.93. The van der Waals surface area contributed by atoms with Crippen LogP contribution in [0.4, 0.5) is 0 Å². The zero-order valence-electron chi connectivity index (χ0n) is 8.37. The third-order valence-electron chi connectivity index (χ3n) is 2.02. The number of methoxy groups -OCH3 is 1. The quantitative estimate of drug-likeness (QED) is 0.700. The first-order valence-electron chi connectivity index (χ1n) is 4.59. The Bertz CT molecular complexity index is 184. The van der Waals surface area contributed by atoms with Gasteiger partial charge >= 0.3 is 5.97 Å². The van der Waals surface area contributed by atoms with Crippen molar-refractivity contribution in [2.75, 3.05) is 12.9 Å². The molecule has 3 nitrogen and oxygen atoms in total. The molecule has 0 bridgehead atoms. The first-order chi connectivity index (χ1) is 6.13. The van der Waals surface area contributed by atoms with Gasteiger partial charge in [-0.15, -0.1) is 11.8 Å². The van der Waals surface area contributed by atoms with Crippen molar-refractivity contribution in [3.63, 3.8) is 0 Å². The summed E-state index contributed by atoms with van der Waals surface area (Å²) >= 11 is 1.81. The summed E-state index contributed by atoms with van der Waals surface area (Å²) in [6.45, 7) is 4.38. The minimum atomic E-state index is -0.140. The highest BCUT2D eigenvalue weighted by atomic mass is 32.2. The van der Waals surface area contributed by atoms with Crippen LogP contribution in [0.2, 0.25) is 0 Å². The van der Waals surface area contributed by atoms with E-state index in [1.807, 2.05) is 11.8 Å². The first-order valence-corrected chi connectivity index (χ1v) is 5.64.